The molecule has 0 saturated carbocycles. The summed E-state index contributed by atoms with van der Waals surface area (Å²) < 4.78 is 14.7. The Morgan fingerprint density at radius 3 is 2.40 bits per heavy atom. The van der Waals surface area contributed by atoms with E-state index in [1.54, 1.807) is 6.07 Å². The highest BCUT2D eigenvalue weighted by atomic mass is 79.9. The van der Waals surface area contributed by atoms with Gasteiger partial charge < -0.3 is 5.32 Å². The smallest absolute Gasteiger partial charge is 0.142 e. The zero-order valence-electron chi connectivity index (χ0n) is 11.2. The minimum Gasteiger partial charge on any atom is -0.306 e. The molecule has 1 N–H and O–H groups in total. The molecule has 0 aromatic heterocycles. The van der Waals surface area contributed by atoms with Gasteiger partial charge in [-0.15, -0.1) is 0 Å². The number of rotatable bonds is 5. The average Bonchev–Trinajstić information content (AvgIpc) is 2.45. The van der Waals surface area contributed by atoms with Crippen LogP contribution in [0.5, 0.6) is 0 Å². The van der Waals surface area contributed by atoms with Crippen molar-refractivity contribution in [2.24, 2.45) is 0 Å². The highest BCUT2D eigenvalue weighted by molar-refractivity contribution is 9.10. The van der Waals surface area contributed by atoms with E-state index in [1.807, 2.05) is 30.3 Å². The van der Waals surface area contributed by atoms with Crippen LogP contribution >= 0.6 is 27.5 Å². The molecule has 106 valence electrons. The minimum absolute atomic E-state index is 0.0326. The molecule has 0 aliphatic rings. The standard InChI is InChI=1S/C16H16BrClFN/c1-2-9-20-16(11-3-6-13(17)7-4-11)12-5-8-14(18)15(19)10-12/h3-8,10,16,20H,2,9H2,1H3. The summed E-state index contributed by atoms with van der Waals surface area (Å²) in [7, 11) is 0. The highest BCUT2D eigenvalue weighted by Crippen LogP contribution is 2.26. The Labute approximate surface area is 132 Å². The molecule has 0 fully saturated rings. The first-order valence-electron chi connectivity index (χ1n) is 6.55. The van der Waals surface area contributed by atoms with Crippen LogP contribution < -0.4 is 5.32 Å². The van der Waals surface area contributed by atoms with Crippen molar-refractivity contribution in [3.05, 3.63) is 68.9 Å². The van der Waals surface area contributed by atoms with Crippen LogP contribution in [0, 0.1) is 5.82 Å². The summed E-state index contributed by atoms with van der Waals surface area (Å²) >= 11 is 9.18. The van der Waals surface area contributed by atoms with Gasteiger partial charge in [-0.05, 0) is 48.4 Å². The van der Waals surface area contributed by atoms with Crippen molar-refractivity contribution < 1.29 is 4.39 Å². The normalized spacial score (nSPS) is 12.4. The molecule has 0 heterocycles. The molecule has 1 nitrogen and oxygen atoms in total. The number of hydrogen-bond acceptors (Lipinski definition) is 1. The molecular weight excluding hydrogens is 341 g/mol. The van der Waals surface area contributed by atoms with E-state index >= 15 is 0 Å². The molecule has 1 atom stereocenters. The first kappa shape index (κ1) is 15.5. The Morgan fingerprint density at radius 2 is 1.80 bits per heavy atom. The summed E-state index contributed by atoms with van der Waals surface area (Å²) in [5.41, 5.74) is 1.98. The van der Waals surface area contributed by atoms with Crippen LogP contribution in [-0.4, -0.2) is 6.54 Å². The van der Waals surface area contributed by atoms with Crippen LogP contribution in [0.25, 0.3) is 0 Å². The molecule has 0 amide bonds. The van der Waals surface area contributed by atoms with E-state index in [1.165, 1.54) is 6.07 Å². The Balaban J connectivity index is 2.35. The number of halogens is 3. The SMILES string of the molecule is CCCNC(c1ccc(Br)cc1)c1ccc(Cl)c(F)c1. The molecule has 0 saturated heterocycles. The Hall–Kier alpha value is -0.900. The average molecular weight is 357 g/mol. The van der Waals surface area contributed by atoms with Gasteiger partial charge in [-0.1, -0.05) is 52.7 Å². The van der Waals surface area contributed by atoms with Gasteiger partial charge in [0.25, 0.3) is 0 Å². The molecule has 0 aliphatic carbocycles. The van der Waals surface area contributed by atoms with Crippen molar-refractivity contribution >= 4 is 27.5 Å². The van der Waals surface area contributed by atoms with E-state index in [9.17, 15) is 4.39 Å². The van der Waals surface area contributed by atoms with Gasteiger partial charge >= 0.3 is 0 Å². The summed E-state index contributed by atoms with van der Waals surface area (Å²) in [5, 5.41) is 3.59. The van der Waals surface area contributed by atoms with Crippen molar-refractivity contribution in [2.45, 2.75) is 19.4 Å². The first-order chi connectivity index (χ1) is 9.61. The summed E-state index contributed by atoms with van der Waals surface area (Å²) in [6, 6.07) is 13.0. The second kappa shape index (κ2) is 7.21. The van der Waals surface area contributed by atoms with Gasteiger partial charge in [-0.2, -0.15) is 0 Å². The Kier molecular flexibility index (Phi) is 5.58. The summed E-state index contributed by atoms with van der Waals surface area (Å²) in [6.45, 7) is 2.97. The van der Waals surface area contributed by atoms with Crippen molar-refractivity contribution in [3.63, 3.8) is 0 Å². The molecular formula is C16H16BrClFN. The fourth-order valence-electron chi connectivity index (χ4n) is 2.06. The van der Waals surface area contributed by atoms with Crippen molar-refractivity contribution in [1.82, 2.24) is 5.32 Å². The molecule has 2 aromatic carbocycles. The van der Waals surface area contributed by atoms with E-state index < -0.39 is 0 Å². The molecule has 1 unspecified atom stereocenters. The van der Waals surface area contributed by atoms with Gasteiger partial charge in [-0.25, -0.2) is 4.39 Å². The lowest BCUT2D eigenvalue weighted by molar-refractivity contribution is 0.585. The Morgan fingerprint density at radius 1 is 1.15 bits per heavy atom. The van der Waals surface area contributed by atoms with Crippen molar-refractivity contribution in [1.29, 1.82) is 0 Å². The maximum Gasteiger partial charge on any atom is 0.142 e. The van der Waals surface area contributed by atoms with Crippen LogP contribution in [0.15, 0.2) is 46.9 Å². The van der Waals surface area contributed by atoms with Gasteiger partial charge in [0.15, 0.2) is 0 Å². The van der Waals surface area contributed by atoms with Gasteiger partial charge in [0.1, 0.15) is 5.82 Å². The van der Waals surface area contributed by atoms with Crippen LogP contribution in [0.4, 0.5) is 4.39 Å². The van der Waals surface area contributed by atoms with Gasteiger partial charge in [0.2, 0.25) is 0 Å². The van der Waals surface area contributed by atoms with Gasteiger partial charge in [0.05, 0.1) is 11.1 Å². The predicted octanol–water partition coefficient (Wildman–Crippen LogP) is 5.33. The lowest BCUT2D eigenvalue weighted by Crippen LogP contribution is -2.23. The lowest BCUT2D eigenvalue weighted by Gasteiger charge is -2.20. The maximum atomic E-state index is 13.7. The van der Waals surface area contributed by atoms with Gasteiger partial charge in [0, 0.05) is 4.47 Å². The number of nitrogens with one attached hydrogen (secondary N) is 1. The second-order valence-corrected chi connectivity index (χ2v) is 5.94. The van der Waals surface area contributed by atoms with Crippen LogP contribution in [-0.2, 0) is 0 Å². The van der Waals surface area contributed by atoms with E-state index in [-0.39, 0.29) is 16.9 Å². The molecule has 20 heavy (non-hydrogen) atoms. The molecule has 2 aromatic rings. The minimum atomic E-state index is -0.385. The molecule has 0 spiro atoms. The number of hydrogen-bond donors (Lipinski definition) is 1. The molecule has 4 heteroatoms. The van der Waals surface area contributed by atoms with Crippen LogP contribution in [0.1, 0.15) is 30.5 Å². The molecule has 0 radical (unpaired) electrons. The third-order valence-electron chi connectivity index (χ3n) is 3.08. The molecule has 0 bridgehead atoms. The van der Waals surface area contributed by atoms with Crippen LogP contribution in [0.2, 0.25) is 5.02 Å². The second-order valence-electron chi connectivity index (χ2n) is 4.61. The molecule has 2 rings (SSSR count). The summed E-state index contributed by atoms with van der Waals surface area (Å²) in [4.78, 5) is 0. The Bertz CT molecular complexity index is 571. The van der Waals surface area contributed by atoms with Gasteiger partial charge in [-0.3, -0.25) is 0 Å². The summed E-state index contributed by atoms with van der Waals surface area (Å²) in [6.07, 6.45) is 1.02. The third-order valence-corrected chi connectivity index (χ3v) is 3.91. The fourth-order valence-corrected chi connectivity index (χ4v) is 2.45. The third kappa shape index (κ3) is 3.81. The fraction of sp³-hybridized carbons (Fsp3) is 0.250. The quantitative estimate of drug-likeness (QED) is 0.763. The van der Waals surface area contributed by atoms with E-state index in [0.29, 0.717) is 0 Å². The lowest BCUT2D eigenvalue weighted by atomic mass is 9.98. The predicted molar refractivity (Wildman–Crippen MR) is 85.7 cm³/mol. The summed E-state index contributed by atoms with van der Waals surface area (Å²) in [5.74, 6) is -0.385. The van der Waals surface area contributed by atoms with E-state index in [2.05, 4.69) is 28.2 Å². The maximum absolute atomic E-state index is 13.7. The van der Waals surface area contributed by atoms with E-state index in [4.69, 9.17) is 11.6 Å². The van der Waals surface area contributed by atoms with Crippen molar-refractivity contribution in [2.75, 3.05) is 6.54 Å². The largest absolute Gasteiger partial charge is 0.306 e. The van der Waals surface area contributed by atoms with Crippen LogP contribution in [0.3, 0.4) is 0 Å². The monoisotopic (exact) mass is 355 g/mol. The highest BCUT2D eigenvalue weighted by Gasteiger charge is 2.14. The topological polar surface area (TPSA) is 12.0 Å². The molecule has 0 aliphatic heterocycles. The van der Waals surface area contributed by atoms with Crippen molar-refractivity contribution in [3.8, 4) is 0 Å². The number of benzene rings is 2. The van der Waals surface area contributed by atoms with E-state index in [0.717, 1.165) is 28.6 Å². The zero-order valence-corrected chi connectivity index (χ0v) is 13.5. The first-order valence-corrected chi connectivity index (χ1v) is 7.72. The zero-order chi connectivity index (χ0) is 14.5.